The first-order valence-corrected chi connectivity index (χ1v) is 9.39. The molecule has 4 nitrogen and oxygen atoms in total. The molecule has 1 fully saturated rings. The summed E-state index contributed by atoms with van der Waals surface area (Å²) in [4.78, 5) is 14.7. The Labute approximate surface area is 155 Å². The van der Waals surface area contributed by atoms with Gasteiger partial charge in [-0.25, -0.2) is 0 Å². The Bertz CT molecular complexity index is 696. The summed E-state index contributed by atoms with van der Waals surface area (Å²) in [5, 5.41) is 0. The summed E-state index contributed by atoms with van der Waals surface area (Å²) in [5.41, 5.74) is 0.618. The molecule has 26 heavy (non-hydrogen) atoms. The average Bonchev–Trinajstić information content (AvgIpc) is 3.19. The quantitative estimate of drug-likeness (QED) is 0.660. The Balaban J connectivity index is 1.54. The summed E-state index contributed by atoms with van der Waals surface area (Å²) in [6, 6.07) is 17.1. The lowest BCUT2D eigenvalue weighted by atomic mass is 10.1. The van der Waals surface area contributed by atoms with Crippen molar-refractivity contribution in [3.63, 3.8) is 0 Å². The maximum Gasteiger partial charge on any atom is 0.257 e. The summed E-state index contributed by atoms with van der Waals surface area (Å²) >= 11 is 0. The van der Waals surface area contributed by atoms with E-state index in [2.05, 4.69) is 0 Å². The van der Waals surface area contributed by atoms with Crippen LogP contribution in [0.3, 0.4) is 0 Å². The largest absolute Gasteiger partial charge is 0.490 e. The lowest BCUT2D eigenvalue weighted by Gasteiger charge is -2.22. The van der Waals surface area contributed by atoms with Crippen LogP contribution in [0.15, 0.2) is 54.6 Å². The predicted molar refractivity (Wildman–Crippen MR) is 103 cm³/mol. The van der Waals surface area contributed by atoms with E-state index in [1.807, 2.05) is 66.5 Å². The van der Waals surface area contributed by atoms with Gasteiger partial charge >= 0.3 is 0 Å². The summed E-state index contributed by atoms with van der Waals surface area (Å²) in [5.74, 6) is 2.09. The van der Waals surface area contributed by atoms with Gasteiger partial charge in [-0.3, -0.25) is 4.79 Å². The van der Waals surface area contributed by atoms with Crippen LogP contribution in [0.5, 0.6) is 11.5 Å². The Kier molecular flexibility index (Phi) is 6.53. The minimum Gasteiger partial charge on any atom is -0.490 e. The van der Waals surface area contributed by atoms with E-state index >= 15 is 0 Å². The van der Waals surface area contributed by atoms with Crippen molar-refractivity contribution >= 4 is 5.91 Å². The minimum absolute atomic E-state index is 0.0245. The highest BCUT2D eigenvalue weighted by atomic mass is 16.5. The molecule has 1 saturated carbocycles. The Morgan fingerprint density at radius 3 is 2.38 bits per heavy atom. The van der Waals surface area contributed by atoms with Crippen LogP contribution in [0, 0.1) is 5.92 Å². The molecule has 0 unspecified atom stereocenters. The van der Waals surface area contributed by atoms with Crippen LogP contribution >= 0.6 is 0 Å². The topological polar surface area (TPSA) is 38.8 Å². The van der Waals surface area contributed by atoms with E-state index in [9.17, 15) is 4.79 Å². The highest BCUT2D eigenvalue weighted by Gasteiger charge is 2.22. The molecule has 2 aromatic carbocycles. The van der Waals surface area contributed by atoms with Crippen LogP contribution in [0.4, 0.5) is 0 Å². The number of benzene rings is 2. The van der Waals surface area contributed by atoms with Gasteiger partial charge in [0.15, 0.2) is 0 Å². The van der Waals surface area contributed by atoms with Gasteiger partial charge in [0.2, 0.25) is 0 Å². The molecule has 138 valence electrons. The minimum atomic E-state index is 0.0245. The predicted octanol–water partition coefficient (Wildman–Crippen LogP) is 4.41. The van der Waals surface area contributed by atoms with Crippen molar-refractivity contribution in [3.8, 4) is 11.5 Å². The molecule has 2 aromatic rings. The van der Waals surface area contributed by atoms with E-state index in [1.54, 1.807) is 0 Å². The lowest BCUT2D eigenvalue weighted by molar-refractivity contribution is 0.0768. The van der Waals surface area contributed by atoms with Crippen molar-refractivity contribution in [2.24, 2.45) is 5.92 Å². The van der Waals surface area contributed by atoms with E-state index in [-0.39, 0.29) is 5.91 Å². The zero-order valence-corrected chi connectivity index (χ0v) is 15.4. The molecule has 3 rings (SSSR count). The summed E-state index contributed by atoms with van der Waals surface area (Å²) in [7, 11) is 1.88. The van der Waals surface area contributed by atoms with Crippen molar-refractivity contribution in [2.75, 3.05) is 26.8 Å². The van der Waals surface area contributed by atoms with Crippen LogP contribution in [-0.2, 0) is 0 Å². The van der Waals surface area contributed by atoms with Gasteiger partial charge in [-0.1, -0.05) is 43.2 Å². The zero-order chi connectivity index (χ0) is 18.2. The number of carbonyl (C=O) groups is 1. The van der Waals surface area contributed by atoms with Gasteiger partial charge in [-0.2, -0.15) is 0 Å². The molecule has 0 aromatic heterocycles. The zero-order valence-electron chi connectivity index (χ0n) is 15.4. The molecule has 1 aliphatic carbocycles. The Hall–Kier alpha value is -2.49. The van der Waals surface area contributed by atoms with Crippen molar-refractivity contribution in [3.05, 3.63) is 60.2 Å². The van der Waals surface area contributed by atoms with Gasteiger partial charge in [-0.05, 0) is 43.0 Å². The summed E-state index contributed by atoms with van der Waals surface area (Å²) < 4.78 is 11.5. The van der Waals surface area contributed by atoms with Crippen LogP contribution in [0.1, 0.15) is 36.0 Å². The first kappa shape index (κ1) is 18.3. The van der Waals surface area contributed by atoms with Crippen molar-refractivity contribution in [1.29, 1.82) is 0 Å². The molecule has 1 amide bonds. The molecule has 1 aliphatic rings. The molecule has 0 atom stereocenters. The highest BCUT2D eigenvalue weighted by molar-refractivity contribution is 5.96. The molecule has 0 heterocycles. The smallest absolute Gasteiger partial charge is 0.257 e. The number of ether oxygens (including phenoxy) is 2. The third-order valence-electron chi connectivity index (χ3n) is 4.82. The molecule has 0 N–H and O–H groups in total. The van der Waals surface area contributed by atoms with E-state index in [0.717, 1.165) is 12.3 Å². The van der Waals surface area contributed by atoms with Gasteiger partial charge in [0.25, 0.3) is 5.91 Å². The van der Waals surface area contributed by atoms with Crippen LogP contribution in [0.25, 0.3) is 0 Å². The number of nitrogens with zero attached hydrogens (tertiary/aromatic N) is 1. The Morgan fingerprint density at radius 2 is 1.62 bits per heavy atom. The second-order valence-corrected chi connectivity index (χ2v) is 6.84. The number of hydrogen-bond donors (Lipinski definition) is 0. The fourth-order valence-electron chi connectivity index (χ4n) is 3.47. The number of para-hydroxylation sites is 2. The number of rotatable bonds is 8. The van der Waals surface area contributed by atoms with Gasteiger partial charge in [0.1, 0.15) is 24.7 Å². The van der Waals surface area contributed by atoms with Gasteiger partial charge < -0.3 is 14.4 Å². The maximum atomic E-state index is 12.8. The summed E-state index contributed by atoms with van der Waals surface area (Å²) in [6.07, 6.45) is 5.03. The lowest BCUT2D eigenvalue weighted by Crippen LogP contribution is -2.31. The van der Waals surface area contributed by atoms with E-state index in [4.69, 9.17) is 9.47 Å². The average molecular weight is 353 g/mol. The third kappa shape index (κ3) is 5.01. The fourth-order valence-corrected chi connectivity index (χ4v) is 3.47. The molecule has 0 aliphatic heterocycles. The molecule has 4 heteroatoms. The second kappa shape index (κ2) is 9.27. The van der Waals surface area contributed by atoms with Crippen LogP contribution in [-0.4, -0.2) is 37.6 Å². The Morgan fingerprint density at radius 1 is 0.962 bits per heavy atom. The molecule has 0 radical (unpaired) electrons. The highest BCUT2D eigenvalue weighted by Crippen LogP contribution is 2.26. The number of amides is 1. The second-order valence-electron chi connectivity index (χ2n) is 6.84. The molecule has 0 spiro atoms. The van der Waals surface area contributed by atoms with Gasteiger partial charge in [-0.15, -0.1) is 0 Å². The maximum absolute atomic E-state index is 12.8. The van der Waals surface area contributed by atoms with E-state index in [1.165, 1.54) is 25.7 Å². The van der Waals surface area contributed by atoms with Crippen LogP contribution < -0.4 is 9.47 Å². The fraction of sp³-hybridized carbons (Fsp3) is 0.409. The SMILES string of the molecule is CN(CC1CCCC1)C(=O)c1ccccc1OCCOc1ccccc1. The molecular formula is C22H27NO3. The molecular weight excluding hydrogens is 326 g/mol. The molecule has 0 saturated heterocycles. The third-order valence-corrected chi connectivity index (χ3v) is 4.82. The normalized spacial score (nSPS) is 14.2. The monoisotopic (exact) mass is 353 g/mol. The van der Waals surface area contributed by atoms with Gasteiger partial charge in [0.05, 0.1) is 5.56 Å². The standard InChI is InChI=1S/C22H27NO3/c1-23(17-18-9-5-6-10-18)22(24)20-13-7-8-14-21(20)26-16-15-25-19-11-3-2-4-12-19/h2-4,7-8,11-14,18H,5-6,9-10,15-17H2,1H3. The van der Waals surface area contributed by atoms with E-state index in [0.29, 0.717) is 30.4 Å². The summed E-state index contributed by atoms with van der Waals surface area (Å²) in [6.45, 7) is 1.65. The van der Waals surface area contributed by atoms with Gasteiger partial charge in [0, 0.05) is 13.6 Å². The molecule has 0 bridgehead atoms. The van der Waals surface area contributed by atoms with Crippen molar-refractivity contribution < 1.29 is 14.3 Å². The van der Waals surface area contributed by atoms with Crippen molar-refractivity contribution in [2.45, 2.75) is 25.7 Å². The van der Waals surface area contributed by atoms with Crippen LogP contribution in [0.2, 0.25) is 0 Å². The number of hydrogen-bond acceptors (Lipinski definition) is 3. The first-order valence-electron chi connectivity index (χ1n) is 9.39. The number of carbonyl (C=O) groups excluding carboxylic acids is 1. The van der Waals surface area contributed by atoms with E-state index < -0.39 is 0 Å². The first-order chi connectivity index (χ1) is 12.7. The van der Waals surface area contributed by atoms with Crippen molar-refractivity contribution in [1.82, 2.24) is 4.90 Å².